The molecule has 4 aliphatic rings. The number of likely N-dealkylation sites (tertiary alicyclic amines) is 1. The monoisotopic (exact) mass is 474 g/mol. The zero-order chi connectivity index (χ0) is 24.2. The summed E-state index contributed by atoms with van der Waals surface area (Å²) in [5.41, 5.74) is 3.72. The van der Waals surface area contributed by atoms with Crippen LogP contribution in [0, 0.1) is 11.8 Å². The predicted molar refractivity (Wildman–Crippen MR) is 129 cm³/mol. The van der Waals surface area contributed by atoms with Crippen molar-refractivity contribution in [3.8, 4) is 11.1 Å². The van der Waals surface area contributed by atoms with Gasteiger partial charge >= 0.3 is 12.1 Å². The van der Waals surface area contributed by atoms with Crippen molar-refractivity contribution in [2.24, 2.45) is 11.8 Å². The largest absolute Gasteiger partial charge is 0.479 e. The molecule has 7 nitrogen and oxygen atoms in total. The molecule has 0 aromatic heterocycles. The van der Waals surface area contributed by atoms with Gasteiger partial charge in [-0.3, -0.25) is 4.79 Å². The van der Waals surface area contributed by atoms with Gasteiger partial charge in [0, 0.05) is 24.4 Å². The normalized spacial score (nSPS) is 28.6. The van der Waals surface area contributed by atoms with Crippen LogP contribution < -0.4 is 5.32 Å². The molecule has 2 saturated carbocycles. The maximum atomic E-state index is 13.2. The lowest BCUT2D eigenvalue weighted by molar-refractivity contribution is -0.156. The summed E-state index contributed by atoms with van der Waals surface area (Å²) in [5, 5.41) is 12.7. The number of alkyl carbamates (subject to hydrolysis) is 1. The number of carbonyl (C=O) groups is 3. The molecule has 0 bridgehead atoms. The van der Waals surface area contributed by atoms with Crippen LogP contribution in [0.3, 0.4) is 0 Å². The molecule has 6 rings (SSSR count). The third kappa shape index (κ3) is 3.60. The fraction of sp³-hybridized carbons (Fsp3) is 0.464. The van der Waals surface area contributed by atoms with E-state index in [2.05, 4.69) is 29.6 Å². The Morgan fingerprint density at radius 3 is 2.37 bits per heavy atom. The summed E-state index contributed by atoms with van der Waals surface area (Å²) >= 11 is 0. The minimum Gasteiger partial charge on any atom is -0.479 e. The summed E-state index contributed by atoms with van der Waals surface area (Å²) in [6, 6.07) is 16.3. The number of amides is 2. The Hall–Kier alpha value is -3.35. The Balaban J connectivity index is 1.05. The maximum Gasteiger partial charge on any atom is 0.407 e. The van der Waals surface area contributed by atoms with Crippen LogP contribution in [-0.4, -0.2) is 52.7 Å². The quantitative estimate of drug-likeness (QED) is 0.679. The number of hydrogen-bond donors (Lipinski definition) is 2. The summed E-state index contributed by atoms with van der Waals surface area (Å²) in [4.78, 5) is 39.4. The molecule has 2 aromatic carbocycles. The molecule has 1 saturated heterocycles. The first-order chi connectivity index (χ1) is 17.0. The number of ether oxygens (including phenoxy) is 1. The van der Waals surface area contributed by atoms with E-state index in [4.69, 9.17) is 4.74 Å². The van der Waals surface area contributed by atoms with Gasteiger partial charge in [0.15, 0.2) is 0 Å². The average Bonchev–Trinajstić information content (AvgIpc) is 3.33. The maximum absolute atomic E-state index is 13.2. The van der Waals surface area contributed by atoms with Crippen molar-refractivity contribution < 1.29 is 24.2 Å². The molecule has 4 atom stereocenters. The number of rotatable bonds is 5. The number of benzene rings is 2. The number of carboxylic acid groups (broad SMARTS) is 1. The summed E-state index contributed by atoms with van der Waals surface area (Å²) in [6.45, 7) is 0.772. The van der Waals surface area contributed by atoms with Gasteiger partial charge in [-0.25, -0.2) is 9.59 Å². The lowest BCUT2D eigenvalue weighted by Gasteiger charge is -2.35. The van der Waals surface area contributed by atoms with Gasteiger partial charge in [0.05, 0.1) is 0 Å². The Kier molecular flexibility index (Phi) is 5.31. The van der Waals surface area contributed by atoms with Crippen LogP contribution in [0.4, 0.5) is 4.79 Å². The lowest BCUT2D eigenvalue weighted by Crippen LogP contribution is -2.53. The van der Waals surface area contributed by atoms with Gasteiger partial charge in [-0.15, -0.1) is 0 Å². The van der Waals surface area contributed by atoms with E-state index in [0.717, 1.165) is 12.8 Å². The molecule has 35 heavy (non-hydrogen) atoms. The number of carboxylic acids is 1. The SMILES string of the molecule is O=C(N[C@@H]1CC[C@H](C(=O)N2CCC[C@@H]3C[C@@]32C(=O)O)C1)OCC1c2ccccc2-c2ccccc21. The third-order valence-corrected chi connectivity index (χ3v) is 8.57. The van der Waals surface area contributed by atoms with Crippen molar-refractivity contribution in [3.63, 3.8) is 0 Å². The highest BCUT2D eigenvalue weighted by Gasteiger charge is 2.67. The molecule has 0 radical (unpaired) electrons. The Labute approximate surface area is 204 Å². The fourth-order valence-electron chi connectivity index (χ4n) is 6.73. The second kappa shape index (κ2) is 8.40. The molecule has 3 aliphatic carbocycles. The van der Waals surface area contributed by atoms with Gasteiger partial charge in [0.2, 0.25) is 5.91 Å². The number of nitrogens with one attached hydrogen (secondary N) is 1. The minimum atomic E-state index is -0.979. The van der Waals surface area contributed by atoms with Gasteiger partial charge in [-0.1, -0.05) is 48.5 Å². The van der Waals surface area contributed by atoms with E-state index < -0.39 is 17.6 Å². The van der Waals surface area contributed by atoms with E-state index in [1.165, 1.54) is 22.3 Å². The molecule has 3 fully saturated rings. The van der Waals surface area contributed by atoms with E-state index in [1.807, 2.05) is 24.3 Å². The number of nitrogens with zero attached hydrogens (tertiary/aromatic N) is 1. The van der Waals surface area contributed by atoms with E-state index in [-0.39, 0.29) is 36.3 Å². The minimum absolute atomic E-state index is 0.00357. The van der Waals surface area contributed by atoms with E-state index in [1.54, 1.807) is 4.90 Å². The highest BCUT2D eigenvalue weighted by Crippen LogP contribution is 2.55. The van der Waals surface area contributed by atoms with Crippen LogP contribution in [0.2, 0.25) is 0 Å². The van der Waals surface area contributed by atoms with Crippen molar-refractivity contribution in [2.75, 3.05) is 13.2 Å². The van der Waals surface area contributed by atoms with Crippen LogP contribution in [0.5, 0.6) is 0 Å². The highest BCUT2D eigenvalue weighted by atomic mass is 16.5. The van der Waals surface area contributed by atoms with Gasteiger partial charge in [0.25, 0.3) is 0 Å². The number of carbonyl (C=O) groups excluding carboxylic acids is 2. The van der Waals surface area contributed by atoms with Gasteiger partial charge < -0.3 is 20.1 Å². The van der Waals surface area contributed by atoms with Crippen molar-refractivity contribution >= 4 is 18.0 Å². The van der Waals surface area contributed by atoms with Crippen LogP contribution in [0.25, 0.3) is 11.1 Å². The molecule has 182 valence electrons. The van der Waals surface area contributed by atoms with Crippen LogP contribution in [0.1, 0.15) is 55.6 Å². The number of aliphatic carboxylic acids is 1. The van der Waals surface area contributed by atoms with E-state index in [9.17, 15) is 19.5 Å². The molecule has 2 N–H and O–H groups in total. The molecular formula is C28H30N2O5. The topological polar surface area (TPSA) is 95.9 Å². The third-order valence-electron chi connectivity index (χ3n) is 8.57. The Morgan fingerprint density at radius 2 is 1.69 bits per heavy atom. The smallest absolute Gasteiger partial charge is 0.407 e. The second-order valence-corrected chi connectivity index (χ2v) is 10.4. The summed E-state index contributed by atoms with van der Waals surface area (Å²) in [7, 11) is 0. The van der Waals surface area contributed by atoms with E-state index in [0.29, 0.717) is 32.2 Å². The average molecular weight is 475 g/mol. The first-order valence-electron chi connectivity index (χ1n) is 12.7. The molecule has 7 heteroatoms. The van der Waals surface area contributed by atoms with Crippen molar-refractivity contribution in [3.05, 3.63) is 59.7 Å². The lowest BCUT2D eigenvalue weighted by atomic mass is 9.98. The summed E-state index contributed by atoms with van der Waals surface area (Å²) < 4.78 is 5.66. The van der Waals surface area contributed by atoms with Gasteiger partial charge in [-0.2, -0.15) is 0 Å². The number of piperidine rings is 1. The summed E-state index contributed by atoms with van der Waals surface area (Å²) in [5.74, 6) is -1.09. The highest BCUT2D eigenvalue weighted by molar-refractivity contribution is 5.91. The van der Waals surface area contributed by atoms with Crippen molar-refractivity contribution in [1.29, 1.82) is 0 Å². The standard InChI is InChI=1S/C28H30N2O5/c31-25(30-13-5-6-18-15-28(18,30)26(32)33)17-11-12-19(14-17)29-27(34)35-16-24-22-9-3-1-7-20(22)21-8-2-4-10-23(21)24/h1-4,7-10,17-19,24H,5-6,11-16H2,(H,29,34)(H,32,33)/t17-,18+,19+,28-/m0/s1. The predicted octanol–water partition coefficient (Wildman–Crippen LogP) is 4.16. The molecule has 0 unspecified atom stereocenters. The molecule has 1 heterocycles. The first-order valence-corrected chi connectivity index (χ1v) is 12.7. The van der Waals surface area contributed by atoms with Gasteiger partial charge in [-0.05, 0) is 66.7 Å². The van der Waals surface area contributed by atoms with Crippen LogP contribution >= 0.6 is 0 Å². The zero-order valence-corrected chi connectivity index (χ0v) is 19.6. The zero-order valence-electron chi connectivity index (χ0n) is 19.6. The van der Waals surface area contributed by atoms with Crippen molar-refractivity contribution in [1.82, 2.24) is 10.2 Å². The van der Waals surface area contributed by atoms with Gasteiger partial charge in [0.1, 0.15) is 12.1 Å². The van der Waals surface area contributed by atoms with Crippen molar-refractivity contribution in [2.45, 2.75) is 56.0 Å². The molecule has 2 aromatic rings. The molecule has 1 aliphatic heterocycles. The molecule has 0 spiro atoms. The Morgan fingerprint density at radius 1 is 1.00 bits per heavy atom. The second-order valence-electron chi connectivity index (χ2n) is 10.4. The number of hydrogen-bond acceptors (Lipinski definition) is 4. The molecule has 2 amide bonds. The molecular weight excluding hydrogens is 444 g/mol. The van der Waals surface area contributed by atoms with E-state index >= 15 is 0 Å². The van der Waals surface area contributed by atoms with Crippen LogP contribution in [0.15, 0.2) is 48.5 Å². The van der Waals surface area contributed by atoms with Crippen LogP contribution in [-0.2, 0) is 14.3 Å². The Bertz CT molecular complexity index is 1150. The first kappa shape index (κ1) is 22.1. The fourth-order valence-corrected chi connectivity index (χ4v) is 6.73. The summed E-state index contributed by atoms with van der Waals surface area (Å²) in [6.07, 6.45) is 3.73. The number of fused-ring (bicyclic) bond motifs is 4.